The van der Waals surface area contributed by atoms with E-state index in [4.69, 9.17) is 14.2 Å². The molecule has 1 saturated heterocycles. The highest BCUT2D eigenvalue weighted by Crippen LogP contribution is 2.33. The molecule has 0 spiro atoms. The second-order valence-corrected chi connectivity index (χ2v) is 8.57. The molecule has 1 fully saturated rings. The van der Waals surface area contributed by atoms with E-state index in [-0.39, 0.29) is 18.6 Å². The first-order chi connectivity index (χ1) is 14.3. The molecule has 1 unspecified atom stereocenters. The summed E-state index contributed by atoms with van der Waals surface area (Å²) in [5.41, 5.74) is 0.971. The molecule has 3 rings (SSSR count). The second kappa shape index (κ2) is 10.0. The molecule has 0 bridgehead atoms. The summed E-state index contributed by atoms with van der Waals surface area (Å²) < 4.78 is 16.2. The summed E-state index contributed by atoms with van der Waals surface area (Å²) >= 11 is 0. The van der Waals surface area contributed by atoms with Crippen molar-refractivity contribution < 1.29 is 23.8 Å². The van der Waals surface area contributed by atoms with Gasteiger partial charge in [0.1, 0.15) is 6.04 Å². The van der Waals surface area contributed by atoms with E-state index in [1.54, 1.807) is 4.90 Å². The Kier molecular flexibility index (Phi) is 7.42. The largest absolute Gasteiger partial charge is 0.454 e. The Morgan fingerprint density at radius 1 is 1.20 bits per heavy atom. The molecule has 0 radical (unpaired) electrons. The Hall–Kier alpha value is -2.48. The fraction of sp³-hybridized carbons (Fsp3) is 0.636. The van der Waals surface area contributed by atoms with E-state index in [0.29, 0.717) is 38.4 Å². The zero-order chi connectivity index (χ0) is 21.7. The number of hydrogen-bond donors (Lipinski definition) is 0. The van der Waals surface area contributed by atoms with E-state index in [1.165, 1.54) is 0 Å². The maximum absolute atomic E-state index is 13.5. The van der Waals surface area contributed by atoms with Gasteiger partial charge < -0.3 is 24.0 Å². The number of nitrogens with zero attached hydrogens (tertiary/aromatic N) is 3. The number of ether oxygens (including phenoxy) is 3. The SMILES string of the molecule is CC(C)COC(=O)N1CCCC1C(=O)N(CCN(C)C)Cc1ccc2c(c1)OCO2. The monoisotopic (exact) mass is 419 g/mol. The molecule has 2 aliphatic heterocycles. The molecule has 2 amide bonds. The first kappa shape index (κ1) is 22.2. The fourth-order valence-electron chi connectivity index (χ4n) is 3.62. The predicted octanol–water partition coefficient (Wildman–Crippen LogP) is 2.56. The molecule has 166 valence electrons. The van der Waals surface area contributed by atoms with Gasteiger partial charge in [0.15, 0.2) is 11.5 Å². The zero-order valence-corrected chi connectivity index (χ0v) is 18.4. The maximum Gasteiger partial charge on any atom is 0.410 e. The maximum atomic E-state index is 13.5. The molecule has 1 atom stereocenters. The minimum Gasteiger partial charge on any atom is -0.454 e. The highest BCUT2D eigenvalue weighted by molar-refractivity contribution is 5.86. The molecule has 8 heteroatoms. The highest BCUT2D eigenvalue weighted by Gasteiger charge is 2.37. The number of carbonyl (C=O) groups excluding carboxylic acids is 2. The van der Waals surface area contributed by atoms with Crippen LogP contribution in [0.15, 0.2) is 18.2 Å². The molecule has 2 aliphatic rings. The number of likely N-dealkylation sites (tertiary alicyclic amines) is 1. The zero-order valence-electron chi connectivity index (χ0n) is 18.4. The Labute approximate surface area is 178 Å². The van der Waals surface area contributed by atoms with E-state index in [9.17, 15) is 9.59 Å². The summed E-state index contributed by atoms with van der Waals surface area (Å²) in [5, 5.41) is 0. The van der Waals surface area contributed by atoms with Gasteiger partial charge in [-0.3, -0.25) is 9.69 Å². The molecule has 1 aromatic rings. The number of hydrogen-bond acceptors (Lipinski definition) is 6. The van der Waals surface area contributed by atoms with Crippen LogP contribution in [0.25, 0.3) is 0 Å². The van der Waals surface area contributed by atoms with E-state index < -0.39 is 12.1 Å². The number of amides is 2. The van der Waals surface area contributed by atoms with E-state index in [1.807, 2.05) is 55.9 Å². The average Bonchev–Trinajstić information content (AvgIpc) is 3.37. The molecule has 0 saturated carbocycles. The van der Waals surface area contributed by atoms with Crippen LogP contribution in [0.3, 0.4) is 0 Å². The highest BCUT2D eigenvalue weighted by atomic mass is 16.7. The summed E-state index contributed by atoms with van der Waals surface area (Å²) in [6.45, 7) is 6.89. The quantitative estimate of drug-likeness (QED) is 0.645. The van der Waals surface area contributed by atoms with Gasteiger partial charge in [-0.1, -0.05) is 19.9 Å². The van der Waals surface area contributed by atoms with Gasteiger partial charge in [0.25, 0.3) is 0 Å². The van der Waals surface area contributed by atoms with Crippen LogP contribution in [0.5, 0.6) is 11.5 Å². The summed E-state index contributed by atoms with van der Waals surface area (Å²) in [6, 6.07) is 5.27. The van der Waals surface area contributed by atoms with Gasteiger partial charge in [-0.15, -0.1) is 0 Å². The van der Waals surface area contributed by atoms with Crippen LogP contribution in [0.1, 0.15) is 32.3 Å². The number of rotatable bonds is 8. The van der Waals surface area contributed by atoms with Gasteiger partial charge in [-0.2, -0.15) is 0 Å². The minimum absolute atomic E-state index is 0.0338. The van der Waals surface area contributed by atoms with Crippen LogP contribution in [-0.4, -0.2) is 79.9 Å². The molecule has 30 heavy (non-hydrogen) atoms. The molecule has 1 aromatic carbocycles. The number of benzene rings is 1. The van der Waals surface area contributed by atoms with Gasteiger partial charge in [-0.05, 0) is 50.6 Å². The van der Waals surface area contributed by atoms with Crippen LogP contribution >= 0.6 is 0 Å². The Bertz CT molecular complexity index is 752. The average molecular weight is 420 g/mol. The standard InChI is InChI=1S/C22H33N3O5/c1-16(2)14-28-22(27)25-9-5-6-18(25)21(26)24(11-10-23(3)4)13-17-7-8-19-20(12-17)30-15-29-19/h7-8,12,16,18H,5-6,9-11,13-15H2,1-4H3. The topological polar surface area (TPSA) is 71.6 Å². The van der Waals surface area contributed by atoms with Crippen molar-refractivity contribution in [3.05, 3.63) is 23.8 Å². The van der Waals surface area contributed by atoms with Crippen molar-refractivity contribution in [2.24, 2.45) is 5.92 Å². The van der Waals surface area contributed by atoms with Gasteiger partial charge >= 0.3 is 6.09 Å². The van der Waals surface area contributed by atoms with Crippen LogP contribution in [0.4, 0.5) is 4.79 Å². The number of fused-ring (bicyclic) bond motifs is 1. The molecule has 0 N–H and O–H groups in total. The van der Waals surface area contributed by atoms with E-state index in [0.717, 1.165) is 24.3 Å². The van der Waals surface area contributed by atoms with Gasteiger partial charge in [0.05, 0.1) is 6.61 Å². The number of likely N-dealkylation sites (N-methyl/N-ethyl adjacent to an activating group) is 1. The second-order valence-electron chi connectivity index (χ2n) is 8.57. The third-order valence-electron chi connectivity index (χ3n) is 5.25. The molecule has 8 nitrogen and oxygen atoms in total. The Morgan fingerprint density at radius 3 is 2.70 bits per heavy atom. The molecule has 0 aromatic heterocycles. The van der Waals surface area contributed by atoms with Crippen LogP contribution < -0.4 is 9.47 Å². The predicted molar refractivity (Wildman–Crippen MR) is 112 cm³/mol. The van der Waals surface area contributed by atoms with Crippen molar-refractivity contribution in [1.82, 2.24) is 14.7 Å². The van der Waals surface area contributed by atoms with Crippen LogP contribution in [-0.2, 0) is 16.1 Å². The van der Waals surface area contributed by atoms with Crippen molar-refractivity contribution in [1.29, 1.82) is 0 Å². The molecular weight excluding hydrogens is 386 g/mol. The van der Waals surface area contributed by atoms with E-state index >= 15 is 0 Å². The first-order valence-corrected chi connectivity index (χ1v) is 10.6. The fourth-order valence-corrected chi connectivity index (χ4v) is 3.62. The first-order valence-electron chi connectivity index (χ1n) is 10.6. The van der Waals surface area contributed by atoms with Crippen molar-refractivity contribution in [3.63, 3.8) is 0 Å². The summed E-state index contributed by atoms with van der Waals surface area (Å²) in [7, 11) is 3.96. The van der Waals surface area contributed by atoms with Crippen LogP contribution in [0.2, 0.25) is 0 Å². The van der Waals surface area contributed by atoms with Crippen molar-refractivity contribution in [2.45, 2.75) is 39.3 Å². The van der Waals surface area contributed by atoms with Gasteiger partial charge in [0, 0.05) is 26.2 Å². The lowest BCUT2D eigenvalue weighted by molar-refractivity contribution is -0.136. The molecular formula is C22H33N3O5. The van der Waals surface area contributed by atoms with Gasteiger partial charge in [-0.25, -0.2) is 4.79 Å². The Balaban J connectivity index is 1.71. The molecule has 0 aliphatic carbocycles. The normalized spacial score (nSPS) is 17.7. The van der Waals surface area contributed by atoms with Crippen molar-refractivity contribution in [3.8, 4) is 11.5 Å². The molecule has 2 heterocycles. The van der Waals surface area contributed by atoms with E-state index in [2.05, 4.69) is 0 Å². The lowest BCUT2D eigenvalue weighted by Crippen LogP contribution is -2.49. The number of carbonyl (C=O) groups is 2. The third-order valence-corrected chi connectivity index (χ3v) is 5.25. The van der Waals surface area contributed by atoms with Crippen LogP contribution in [0, 0.1) is 5.92 Å². The Morgan fingerprint density at radius 2 is 1.97 bits per heavy atom. The lowest BCUT2D eigenvalue weighted by atomic mass is 10.1. The third kappa shape index (κ3) is 5.56. The lowest BCUT2D eigenvalue weighted by Gasteiger charge is -2.31. The minimum atomic E-state index is -0.471. The smallest absolute Gasteiger partial charge is 0.410 e. The van der Waals surface area contributed by atoms with Crippen molar-refractivity contribution in [2.75, 3.05) is 47.1 Å². The summed E-state index contributed by atoms with van der Waals surface area (Å²) in [5.74, 6) is 1.65. The summed E-state index contributed by atoms with van der Waals surface area (Å²) in [6.07, 6.45) is 1.07. The van der Waals surface area contributed by atoms with Gasteiger partial charge in [0.2, 0.25) is 12.7 Å². The van der Waals surface area contributed by atoms with Crippen molar-refractivity contribution >= 4 is 12.0 Å². The summed E-state index contributed by atoms with van der Waals surface area (Å²) in [4.78, 5) is 31.4.